The second kappa shape index (κ2) is 4.12. The lowest BCUT2D eigenvalue weighted by Crippen LogP contribution is -2.32. The Balaban J connectivity index is 2.44. The van der Waals surface area contributed by atoms with Crippen molar-refractivity contribution in [2.24, 2.45) is 0 Å². The van der Waals surface area contributed by atoms with Gasteiger partial charge in [0.2, 0.25) is 0 Å². The zero-order valence-corrected chi connectivity index (χ0v) is 10.6. The molecule has 0 bridgehead atoms. The first-order valence-electron chi connectivity index (χ1n) is 5.16. The highest BCUT2D eigenvalue weighted by molar-refractivity contribution is 7.18. The second-order valence-electron chi connectivity index (χ2n) is 3.69. The van der Waals surface area contributed by atoms with Crippen LogP contribution < -0.4 is 11.2 Å². The van der Waals surface area contributed by atoms with E-state index in [2.05, 4.69) is 4.98 Å². The van der Waals surface area contributed by atoms with Crippen LogP contribution in [-0.2, 0) is 0 Å². The van der Waals surface area contributed by atoms with E-state index in [-0.39, 0.29) is 5.56 Å². The molecule has 6 heteroatoms. The number of nitrogens with zero attached hydrogens (tertiary/aromatic N) is 1. The van der Waals surface area contributed by atoms with Crippen LogP contribution >= 0.6 is 22.9 Å². The van der Waals surface area contributed by atoms with Crippen LogP contribution in [0.5, 0.6) is 0 Å². The predicted molar refractivity (Wildman–Crippen MR) is 73.1 cm³/mol. The molecule has 4 nitrogen and oxygen atoms in total. The van der Waals surface area contributed by atoms with E-state index >= 15 is 0 Å². The van der Waals surface area contributed by atoms with E-state index in [4.69, 9.17) is 11.6 Å². The lowest BCUT2D eigenvalue weighted by molar-refractivity contribution is 0.917. The highest BCUT2D eigenvalue weighted by Gasteiger charge is 2.10. The lowest BCUT2D eigenvalue weighted by Gasteiger charge is -2.03. The first-order valence-corrected chi connectivity index (χ1v) is 6.36. The number of para-hydroxylation sites is 1. The first kappa shape index (κ1) is 11.3. The molecular formula is C12H7ClN2O2S. The zero-order chi connectivity index (χ0) is 12.7. The topological polar surface area (TPSA) is 54.9 Å². The molecule has 0 aliphatic rings. The fourth-order valence-electron chi connectivity index (χ4n) is 1.79. The number of halogens is 1. The third-order valence-electron chi connectivity index (χ3n) is 2.58. The van der Waals surface area contributed by atoms with Crippen LogP contribution in [0.15, 0.2) is 46.0 Å². The summed E-state index contributed by atoms with van der Waals surface area (Å²) in [7, 11) is 0. The van der Waals surface area contributed by atoms with Crippen molar-refractivity contribution in [1.29, 1.82) is 0 Å². The molecule has 0 aliphatic heterocycles. The van der Waals surface area contributed by atoms with Crippen molar-refractivity contribution < 1.29 is 0 Å². The van der Waals surface area contributed by atoms with Gasteiger partial charge in [0.05, 0.1) is 15.2 Å². The second-order valence-corrected chi connectivity index (χ2v) is 5.39. The summed E-state index contributed by atoms with van der Waals surface area (Å²) in [6.07, 6.45) is 0. The van der Waals surface area contributed by atoms with Crippen molar-refractivity contribution in [2.45, 2.75) is 0 Å². The maximum atomic E-state index is 12.3. The van der Waals surface area contributed by atoms with Gasteiger partial charge in [-0.3, -0.25) is 4.79 Å². The van der Waals surface area contributed by atoms with Crippen LogP contribution in [0, 0.1) is 0 Å². The summed E-state index contributed by atoms with van der Waals surface area (Å²) in [6.45, 7) is 0. The molecule has 0 saturated carbocycles. The molecule has 0 amide bonds. The van der Waals surface area contributed by atoms with E-state index in [9.17, 15) is 9.59 Å². The molecule has 1 N–H and O–H groups in total. The molecule has 0 fully saturated rings. The normalized spacial score (nSPS) is 10.9. The van der Waals surface area contributed by atoms with Crippen molar-refractivity contribution in [3.05, 3.63) is 61.6 Å². The predicted octanol–water partition coefficient (Wildman–Crippen LogP) is 2.39. The van der Waals surface area contributed by atoms with Crippen molar-refractivity contribution in [3.8, 4) is 5.00 Å². The number of aromatic amines is 1. The molecular weight excluding hydrogens is 272 g/mol. The van der Waals surface area contributed by atoms with Gasteiger partial charge in [-0.2, -0.15) is 0 Å². The fourth-order valence-corrected chi connectivity index (χ4v) is 2.82. The van der Waals surface area contributed by atoms with Crippen LogP contribution in [0.2, 0.25) is 4.34 Å². The Bertz CT molecular complexity index is 847. The average Bonchev–Trinajstić information content (AvgIpc) is 2.76. The average molecular weight is 279 g/mol. The van der Waals surface area contributed by atoms with Gasteiger partial charge in [-0.15, -0.1) is 11.3 Å². The molecule has 18 heavy (non-hydrogen) atoms. The minimum atomic E-state index is -0.461. The van der Waals surface area contributed by atoms with E-state index in [1.807, 2.05) is 0 Å². The Hall–Kier alpha value is -1.85. The standard InChI is InChI=1S/C12H7ClN2O2S/c13-9-5-6-10(18-9)15-11(16)7-3-1-2-4-8(7)14-12(15)17/h1-6H,(H,14,17). The number of H-pyrrole nitrogens is 1. The lowest BCUT2D eigenvalue weighted by atomic mass is 10.2. The van der Waals surface area contributed by atoms with Crippen LogP contribution in [0.3, 0.4) is 0 Å². The minimum Gasteiger partial charge on any atom is -0.306 e. The Labute approximate surface area is 110 Å². The number of nitrogens with one attached hydrogen (secondary N) is 1. The molecule has 1 aromatic carbocycles. The highest BCUT2D eigenvalue weighted by atomic mass is 35.5. The van der Waals surface area contributed by atoms with E-state index in [0.717, 1.165) is 4.57 Å². The maximum Gasteiger partial charge on any atom is 0.334 e. The number of hydrogen-bond acceptors (Lipinski definition) is 3. The van der Waals surface area contributed by atoms with E-state index in [1.54, 1.807) is 36.4 Å². The van der Waals surface area contributed by atoms with Gasteiger partial charge in [0.15, 0.2) is 0 Å². The molecule has 90 valence electrons. The van der Waals surface area contributed by atoms with Crippen LogP contribution in [-0.4, -0.2) is 9.55 Å². The van der Waals surface area contributed by atoms with Gasteiger partial charge < -0.3 is 4.98 Å². The van der Waals surface area contributed by atoms with E-state index in [1.165, 1.54) is 11.3 Å². The number of benzene rings is 1. The maximum absolute atomic E-state index is 12.3. The quantitative estimate of drug-likeness (QED) is 0.743. The molecule has 2 aromatic heterocycles. The molecule has 0 radical (unpaired) electrons. The Kier molecular flexibility index (Phi) is 2.57. The summed E-state index contributed by atoms with van der Waals surface area (Å²) in [5.41, 5.74) is -0.267. The van der Waals surface area contributed by atoms with Gasteiger partial charge in [0.25, 0.3) is 5.56 Å². The first-order chi connectivity index (χ1) is 8.66. The van der Waals surface area contributed by atoms with Crippen LogP contribution in [0.25, 0.3) is 15.9 Å². The van der Waals surface area contributed by atoms with Crippen molar-refractivity contribution >= 4 is 33.8 Å². The summed E-state index contributed by atoms with van der Waals surface area (Å²) in [6, 6.07) is 10.2. The Morgan fingerprint density at radius 2 is 1.89 bits per heavy atom. The summed E-state index contributed by atoms with van der Waals surface area (Å²) in [5, 5.41) is 0.985. The third kappa shape index (κ3) is 1.68. The van der Waals surface area contributed by atoms with Crippen LogP contribution in [0.1, 0.15) is 0 Å². The third-order valence-corrected chi connectivity index (χ3v) is 3.80. The Morgan fingerprint density at radius 3 is 2.61 bits per heavy atom. The molecule has 3 rings (SSSR count). The van der Waals surface area contributed by atoms with Gasteiger partial charge in [-0.1, -0.05) is 23.7 Å². The molecule has 0 spiro atoms. The van der Waals surface area contributed by atoms with Crippen LogP contribution in [0.4, 0.5) is 0 Å². The molecule has 0 atom stereocenters. The molecule has 3 aromatic rings. The fraction of sp³-hybridized carbons (Fsp3) is 0. The van der Waals surface area contributed by atoms with Crippen molar-refractivity contribution in [3.63, 3.8) is 0 Å². The molecule has 2 heterocycles. The monoisotopic (exact) mass is 278 g/mol. The van der Waals surface area contributed by atoms with Crippen molar-refractivity contribution in [2.75, 3.05) is 0 Å². The molecule has 0 aliphatic carbocycles. The number of hydrogen-bond donors (Lipinski definition) is 1. The summed E-state index contributed by atoms with van der Waals surface area (Å²) >= 11 is 7.01. The molecule has 0 unspecified atom stereocenters. The summed E-state index contributed by atoms with van der Waals surface area (Å²) in [5.74, 6) is 0. The van der Waals surface area contributed by atoms with Gasteiger partial charge in [-0.25, -0.2) is 9.36 Å². The smallest absolute Gasteiger partial charge is 0.306 e. The van der Waals surface area contributed by atoms with Gasteiger partial charge in [0.1, 0.15) is 5.00 Å². The number of thiophene rings is 1. The Morgan fingerprint density at radius 1 is 1.11 bits per heavy atom. The van der Waals surface area contributed by atoms with Crippen molar-refractivity contribution in [1.82, 2.24) is 9.55 Å². The highest BCUT2D eigenvalue weighted by Crippen LogP contribution is 2.23. The molecule has 0 saturated heterocycles. The van der Waals surface area contributed by atoms with Gasteiger partial charge in [-0.05, 0) is 24.3 Å². The minimum absolute atomic E-state index is 0.340. The summed E-state index contributed by atoms with van der Waals surface area (Å²) in [4.78, 5) is 26.9. The van der Waals surface area contributed by atoms with Gasteiger partial charge in [0, 0.05) is 0 Å². The number of fused-ring (bicyclic) bond motifs is 1. The van der Waals surface area contributed by atoms with Gasteiger partial charge >= 0.3 is 5.69 Å². The largest absolute Gasteiger partial charge is 0.334 e. The zero-order valence-electron chi connectivity index (χ0n) is 9.01. The number of rotatable bonds is 1. The SMILES string of the molecule is O=c1[nH]c2ccccc2c(=O)n1-c1ccc(Cl)s1. The van der Waals surface area contributed by atoms with E-state index in [0.29, 0.717) is 20.2 Å². The summed E-state index contributed by atoms with van der Waals surface area (Å²) < 4.78 is 1.63. The number of aromatic nitrogens is 2. The van der Waals surface area contributed by atoms with E-state index < -0.39 is 5.69 Å².